The van der Waals surface area contributed by atoms with Gasteiger partial charge in [-0.2, -0.15) is 5.48 Å². The summed E-state index contributed by atoms with van der Waals surface area (Å²) < 4.78 is 5.27. The van der Waals surface area contributed by atoms with Gasteiger partial charge in [0.05, 0.1) is 6.61 Å². The lowest BCUT2D eigenvalue weighted by Gasteiger charge is -2.33. The highest BCUT2D eigenvalue weighted by Crippen LogP contribution is 2.15. The molecule has 2 fully saturated rings. The van der Waals surface area contributed by atoms with Crippen molar-refractivity contribution in [3.8, 4) is 0 Å². The van der Waals surface area contributed by atoms with Crippen LogP contribution in [0.25, 0.3) is 0 Å². The number of benzene rings is 1. The molecule has 1 aromatic carbocycles. The summed E-state index contributed by atoms with van der Waals surface area (Å²) in [6, 6.07) is 10.9. The van der Waals surface area contributed by atoms with Crippen molar-refractivity contribution in [2.75, 3.05) is 26.2 Å². The summed E-state index contributed by atoms with van der Waals surface area (Å²) in [5.74, 6) is 0. The highest BCUT2D eigenvalue weighted by atomic mass is 16.6. The third-order valence-electron chi connectivity index (χ3n) is 5.08. The van der Waals surface area contributed by atoms with Crippen molar-refractivity contribution in [3.05, 3.63) is 35.9 Å². The number of rotatable bonds is 6. The Morgan fingerprint density at radius 2 is 1.79 bits per heavy atom. The van der Waals surface area contributed by atoms with Crippen LogP contribution in [0.4, 0.5) is 4.79 Å². The second kappa shape index (κ2) is 16.5. The highest BCUT2D eigenvalue weighted by Gasteiger charge is 2.26. The molecular formula is C25H44N4O4. The molecule has 0 aromatic heterocycles. The summed E-state index contributed by atoms with van der Waals surface area (Å²) in [5, 5.41) is 6.07. The predicted molar refractivity (Wildman–Crippen MR) is 132 cm³/mol. The standard InChI is InChI=1S/C12H18N2O.C11H20N2O3.C2H6/c1-2-5-11(6-3-1)10-15-14-12-7-4-8-13-9-12;1-11(2,3)16-10(15)13-6-4-9(5-7-13)12-8-14;1-2/h1-3,5-6,12-14H,4,7-10H2;8-9H,4-7H2,1-3H3,(H,12,14);1-2H3. The molecular weight excluding hydrogens is 420 g/mol. The lowest BCUT2D eigenvalue weighted by molar-refractivity contribution is -0.110. The van der Waals surface area contributed by atoms with Crippen LogP contribution in [0.1, 0.15) is 65.9 Å². The number of nitrogens with one attached hydrogen (secondary N) is 3. The number of piperidine rings is 2. The molecule has 0 radical (unpaired) electrons. The Morgan fingerprint density at radius 3 is 2.33 bits per heavy atom. The lowest BCUT2D eigenvalue weighted by atomic mass is 10.1. The molecule has 2 saturated heterocycles. The quantitative estimate of drug-likeness (QED) is 0.440. The highest BCUT2D eigenvalue weighted by molar-refractivity contribution is 5.68. The Labute approximate surface area is 199 Å². The maximum Gasteiger partial charge on any atom is 0.410 e. The van der Waals surface area contributed by atoms with Gasteiger partial charge in [0.15, 0.2) is 0 Å². The van der Waals surface area contributed by atoms with Crippen molar-refractivity contribution in [2.24, 2.45) is 0 Å². The van der Waals surface area contributed by atoms with Crippen LogP contribution >= 0.6 is 0 Å². The normalized spacial score (nSPS) is 18.7. The van der Waals surface area contributed by atoms with Crippen LogP contribution < -0.4 is 16.1 Å². The van der Waals surface area contributed by atoms with Crippen molar-refractivity contribution >= 4 is 12.5 Å². The lowest BCUT2D eigenvalue weighted by Crippen LogP contribution is -2.46. The molecule has 8 heteroatoms. The second-order valence-electron chi connectivity index (χ2n) is 8.96. The van der Waals surface area contributed by atoms with Crippen LogP contribution in [-0.2, 0) is 21.0 Å². The van der Waals surface area contributed by atoms with E-state index in [2.05, 4.69) is 28.2 Å². The van der Waals surface area contributed by atoms with E-state index in [1.54, 1.807) is 4.90 Å². The largest absolute Gasteiger partial charge is 0.444 e. The Hall–Kier alpha value is -2.16. The van der Waals surface area contributed by atoms with Gasteiger partial charge in [-0.05, 0) is 58.6 Å². The molecule has 8 nitrogen and oxygen atoms in total. The molecule has 188 valence electrons. The van der Waals surface area contributed by atoms with E-state index in [0.717, 1.165) is 25.9 Å². The van der Waals surface area contributed by atoms with E-state index >= 15 is 0 Å². The van der Waals surface area contributed by atoms with Crippen LogP contribution in [0.3, 0.4) is 0 Å². The fraction of sp³-hybridized carbons (Fsp3) is 0.680. The number of ether oxygens (including phenoxy) is 1. The van der Waals surface area contributed by atoms with Crippen molar-refractivity contribution in [1.29, 1.82) is 0 Å². The van der Waals surface area contributed by atoms with Crippen molar-refractivity contribution in [2.45, 2.75) is 84.6 Å². The van der Waals surface area contributed by atoms with E-state index < -0.39 is 5.60 Å². The monoisotopic (exact) mass is 464 g/mol. The molecule has 2 aliphatic rings. The molecule has 2 heterocycles. The van der Waals surface area contributed by atoms with Crippen LogP contribution in [0, 0.1) is 0 Å². The summed E-state index contributed by atoms with van der Waals surface area (Å²) in [6.45, 7) is 13.6. The summed E-state index contributed by atoms with van der Waals surface area (Å²) in [7, 11) is 0. The van der Waals surface area contributed by atoms with Crippen LogP contribution in [0.2, 0.25) is 0 Å². The topological polar surface area (TPSA) is 91.9 Å². The van der Waals surface area contributed by atoms with Gasteiger partial charge in [0.25, 0.3) is 0 Å². The first-order valence-electron chi connectivity index (χ1n) is 12.2. The zero-order chi connectivity index (χ0) is 24.5. The molecule has 2 aliphatic heterocycles. The second-order valence-corrected chi connectivity index (χ2v) is 8.96. The molecule has 2 amide bonds. The average Bonchev–Trinajstić information content (AvgIpc) is 2.82. The number of hydrogen-bond donors (Lipinski definition) is 3. The molecule has 0 saturated carbocycles. The van der Waals surface area contributed by atoms with E-state index in [0.29, 0.717) is 32.1 Å². The van der Waals surface area contributed by atoms with Gasteiger partial charge in [0, 0.05) is 31.7 Å². The molecule has 1 atom stereocenters. The minimum Gasteiger partial charge on any atom is -0.444 e. The number of likely N-dealkylation sites (tertiary alicyclic amines) is 1. The maximum atomic E-state index is 11.7. The molecule has 0 aliphatic carbocycles. The van der Waals surface area contributed by atoms with E-state index in [-0.39, 0.29) is 12.1 Å². The van der Waals surface area contributed by atoms with Gasteiger partial charge in [-0.15, -0.1) is 0 Å². The number of amides is 2. The van der Waals surface area contributed by atoms with Gasteiger partial charge in [-0.25, -0.2) is 4.79 Å². The van der Waals surface area contributed by atoms with Crippen LogP contribution in [0.15, 0.2) is 30.3 Å². The zero-order valence-corrected chi connectivity index (χ0v) is 21.1. The number of carbonyl (C=O) groups is 2. The summed E-state index contributed by atoms with van der Waals surface area (Å²) in [5.41, 5.74) is 3.86. The van der Waals surface area contributed by atoms with Crippen molar-refractivity contribution in [3.63, 3.8) is 0 Å². The van der Waals surface area contributed by atoms with Gasteiger partial charge in [0.2, 0.25) is 6.41 Å². The summed E-state index contributed by atoms with van der Waals surface area (Å²) in [6.07, 6.45) is 4.45. The SMILES string of the molecule is CC.CC(C)(C)OC(=O)N1CCC(NC=O)CC1.c1ccc(CONC2CCCNC2)cc1. The van der Waals surface area contributed by atoms with E-state index in [9.17, 15) is 9.59 Å². The molecule has 0 bridgehead atoms. The average molecular weight is 465 g/mol. The Bertz CT molecular complexity index is 638. The molecule has 1 unspecified atom stereocenters. The van der Waals surface area contributed by atoms with E-state index in [1.807, 2.05) is 52.8 Å². The molecule has 1 aromatic rings. The first-order chi connectivity index (χ1) is 15.9. The minimum atomic E-state index is -0.449. The van der Waals surface area contributed by atoms with Gasteiger partial charge >= 0.3 is 6.09 Å². The van der Waals surface area contributed by atoms with Crippen LogP contribution in [-0.4, -0.2) is 61.3 Å². The third-order valence-corrected chi connectivity index (χ3v) is 5.08. The Kier molecular flexibility index (Phi) is 14.4. The minimum absolute atomic E-state index is 0.191. The number of hydroxylamine groups is 1. The first-order valence-corrected chi connectivity index (χ1v) is 12.2. The number of hydrogen-bond acceptors (Lipinski definition) is 6. The van der Waals surface area contributed by atoms with E-state index in [4.69, 9.17) is 9.57 Å². The fourth-order valence-corrected chi connectivity index (χ4v) is 3.42. The number of nitrogens with zero attached hydrogens (tertiary/aromatic N) is 1. The van der Waals surface area contributed by atoms with Gasteiger partial charge in [-0.3, -0.25) is 9.63 Å². The van der Waals surface area contributed by atoms with Crippen LogP contribution in [0.5, 0.6) is 0 Å². The van der Waals surface area contributed by atoms with Gasteiger partial charge in [-0.1, -0.05) is 44.2 Å². The smallest absolute Gasteiger partial charge is 0.410 e. The Morgan fingerprint density at radius 1 is 1.12 bits per heavy atom. The Balaban J connectivity index is 0.000000307. The molecule has 3 N–H and O–H groups in total. The first kappa shape index (κ1) is 28.9. The summed E-state index contributed by atoms with van der Waals surface area (Å²) >= 11 is 0. The molecule has 0 spiro atoms. The molecule has 33 heavy (non-hydrogen) atoms. The fourth-order valence-electron chi connectivity index (χ4n) is 3.42. The third kappa shape index (κ3) is 13.2. The number of carbonyl (C=O) groups excluding carboxylic acids is 2. The van der Waals surface area contributed by atoms with Gasteiger partial charge in [0.1, 0.15) is 5.60 Å². The van der Waals surface area contributed by atoms with Crippen molar-refractivity contribution < 1.29 is 19.2 Å². The van der Waals surface area contributed by atoms with Crippen molar-refractivity contribution in [1.82, 2.24) is 21.0 Å². The predicted octanol–water partition coefficient (Wildman–Crippen LogP) is 3.62. The van der Waals surface area contributed by atoms with Gasteiger partial charge < -0.3 is 20.3 Å². The maximum absolute atomic E-state index is 11.7. The van der Waals surface area contributed by atoms with E-state index in [1.165, 1.54) is 18.4 Å². The molecule has 3 rings (SSSR count). The summed E-state index contributed by atoms with van der Waals surface area (Å²) in [4.78, 5) is 29.1. The zero-order valence-electron chi connectivity index (χ0n) is 21.1.